The molecule has 1 saturated carbocycles. The van der Waals surface area contributed by atoms with Crippen LogP contribution in [0, 0.1) is 5.92 Å². The molecule has 196 valence electrons. The van der Waals surface area contributed by atoms with Gasteiger partial charge in [-0.25, -0.2) is 14.8 Å². The van der Waals surface area contributed by atoms with Crippen LogP contribution in [0.2, 0.25) is 0 Å². The Morgan fingerprint density at radius 3 is 2.35 bits per heavy atom. The number of nitrogens with zero attached hydrogens (tertiary/aromatic N) is 5. The minimum Gasteiger partial charge on any atom is -0.475 e. The number of nitrogens with one attached hydrogen (secondary N) is 1. The molecule has 0 saturated heterocycles. The third-order valence-electron chi connectivity index (χ3n) is 5.93. The van der Waals surface area contributed by atoms with Gasteiger partial charge in [0.05, 0.1) is 16.6 Å². The second-order valence-electron chi connectivity index (χ2n) is 9.08. The average molecular weight is 517 g/mol. The van der Waals surface area contributed by atoms with Gasteiger partial charge in [0, 0.05) is 37.4 Å². The number of aromatic nitrogens is 4. The fourth-order valence-electron chi connectivity index (χ4n) is 4.02. The van der Waals surface area contributed by atoms with Crippen LogP contribution in [-0.4, -0.2) is 74.3 Å². The summed E-state index contributed by atoms with van der Waals surface area (Å²) >= 11 is 0. The summed E-state index contributed by atoms with van der Waals surface area (Å²) < 4.78 is 36.0. The van der Waals surface area contributed by atoms with Gasteiger partial charge >= 0.3 is 12.1 Å². The monoisotopic (exact) mass is 516 g/mol. The Balaban J connectivity index is 0.000000405. The first-order valence-corrected chi connectivity index (χ1v) is 11.7. The van der Waals surface area contributed by atoms with E-state index in [4.69, 9.17) is 9.90 Å². The van der Waals surface area contributed by atoms with Crippen molar-refractivity contribution in [3.8, 4) is 5.95 Å². The number of rotatable bonds is 7. The number of amides is 1. The number of aliphatic carboxylic acids is 1. The third-order valence-corrected chi connectivity index (χ3v) is 5.93. The van der Waals surface area contributed by atoms with Gasteiger partial charge in [-0.3, -0.25) is 9.36 Å². The van der Waals surface area contributed by atoms with Crippen molar-refractivity contribution in [2.24, 2.45) is 5.92 Å². The standard InChI is InChI=1S/C23H26N6O.C2HF3O2/c1-27(2)13-12-24-22(30)20-14-19-21(29(20)23-25-10-5-11-26-23)17-6-3-4-7-18(17)28(19)15-16-8-9-16;3-2(4,5)1(6)7/h3-7,10-11,14,16H,8-9,12-13,15H2,1-2H3,(H,24,30);(H,6,7). The van der Waals surface area contributed by atoms with Crippen LogP contribution in [-0.2, 0) is 11.3 Å². The zero-order valence-corrected chi connectivity index (χ0v) is 20.4. The van der Waals surface area contributed by atoms with Crippen molar-refractivity contribution in [1.82, 2.24) is 29.3 Å². The third kappa shape index (κ3) is 5.91. The molecule has 5 rings (SSSR count). The lowest BCUT2D eigenvalue weighted by atomic mass is 10.2. The van der Waals surface area contributed by atoms with Crippen LogP contribution < -0.4 is 5.32 Å². The van der Waals surface area contributed by atoms with Crippen molar-refractivity contribution in [2.75, 3.05) is 27.2 Å². The Hall–Kier alpha value is -3.93. The minimum absolute atomic E-state index is 0.109. The summed E-state index contributed by atoms with van der Waals surface area (Å²) in [7, 11) is 3.99. The number of para-hydroxylation sites is 1. The number of carboxylic acids is 1. The van der Waals surface area contributed by atoms with Gasteiger partial charge in [0.25, 0.3) is 5.91 Å². The smallest absolute Gasteiger partial charge is 0.475 e. The van der Waals surface area contributed by atoms with E-state index < -0.39 is 12.1 Å². The molecule has 1 aliphatic carbocycles. The zero-order valence-electron chi connectivity index (χ0n) is 20.4. The highest BCUT2D eigenvalue weighted by Gasteiger charge is 2.38. The van der Waals surface area contributed by atoms with Crippen molar-refractivity contribution in [3.63, 3.8) is 0 Å². The summed E-state index contributed by atoms with van der Waals surface area (Å²) in [5, 5.41) is 11.3. The van der Waals surface area contributed by atoms with Crippen LogP contribution in [0.3, 0.4) is 0 Å². The molecule has 1 fully saturated rings. The number of halogens is 3. The van der Waals surface area contributed by atoms with E-state index in [0.717, 1.165) is 35.4 Å². The molecule has 0 radical (unpaired) electrons. The van der Waals surface area contributed by atoms with Crippen LogP contribution >= 0.6 is 0 Å². The lowest BCUT2D eigenvalue weighted by Gasteiger charge is -2.12. The van der Waals surface area contributed by atoms with Crippen molar-refractivity contribution in [1.29, 1.82) is 0 Å². The molecule has 0 spiro atoms. The molecule has 37 heavy (non-hydrogen) atoms. The van der Waals surface area contributed by atoms with Gasteiger partial charge < -0.3 is 19.9 Å². The highest BCUT2D eigenvalue weighted by Crippen LogP contribution is 2.37. The van der Waals surface area contributed by atoms with E-state index in [1.807, 2.05) is 35.7 Å². The Kier molecular flexibility index (Phi) is 7.48. The number of alkyl halides is 3. The minimum atomic E-state index is -5.08. The summed E-state index contributed by atoms with van der Waals surface area (Å²) in [6.07, 6.45) is 0.888. The number of hydrogen-bond acceptors (Lipinski definition) is 5. The summed E-state index contributed by atoms with van der Waals surface area (Å²) in [6, 6.07) is 12.2. The van der Waals surface area contributed by atoms with Crippen LogP contribution in [0.1, 0.15) is 23.3 Å². The molecular weight excluding hydrogens is 489 g/mol. The number of carbonyl (C=O) groups is 2. The predicted molar refractivity (Wildman–Crippen MR) is 132 cm³/mol. The van der Waals surface area contributed by atoms with Crippen LogP contribution in [0.25, 0.3) is 27.9 Å². The topological polar surface area (TPSA) is 105 Å². The van der Waals surface area contributed by atoms with Gasteiger partial charge in [0.1, 0.15) is 5.69 Å². The fourth-order valence-corrected chi connectivity index (χ4v) is 4.02. The van der Waals surface area contributed by atoms with Crippen LogP contribution in [0.5, 0.6) is 0 Å². The molecular formula is C25H27F3N6O3. The summed E-state index contributed by atoms with van der Waals surface area (Å²) in [5.41, 5.74) is 3.82. The maximum Gasteiger partial charge on any atom is 0.490 e. The molecule has 0 unspecified atom stereocenters. The van der Waals surface area contributed by atoms with Crippen LogP contribution in [0.4, 0.5) is 13.2 Å². The lowest BCUT2D eigenvalue weighted by molar-refractivity contribution is -0.192. The molecule has 4 aromatic rings. The Bertz CT molecular complexity index is 1410. The molecule has 12 heteroatoms. The first-order valence-electron chi connectivity index (χ1n) is 11.7. The number of likely N-dealkylation sites (N-methyl/N-ethyl adjacent to an activating group) is 1. The summed E-state index contributed by atoms with van der Waals surface area (Å²) in [6.45, 7) is 2.34. The molecule has 0 atom stereocenters. The molecule has 1 amide bonds. The molecule has 3 heterocycles. The zero-order chi connectivity index (χ0) is 26.7. The van der Waals surface area contributed by atoms with E-state index in [1.54, 1.807) is 18.5 Å². The largest absolute Gasteiger partial charge is 0.490 e. The van der Waals surface area contributed by atoms with Gasteiger partial charge in [0.2, 0.25) is 5.95 Å². The van der Waals surface area contributed by atoms with E-state index in [9.17, 15) is 18.0 Å². The number of hydrogen-bond donors (Lipinski definition) is 2. The average Bonchev–Trinajstić information content (AvgIpc) is 3.51. The highest BCUT2D eigenvalue weighted by molar-refractivity contribution is 6.11. The van der Waals surface area contributed by atoms with Gasteiger partial charge in [-0.1, -0.05) is 18.2 Å². The SMILES string of the molecule is CN(C)CCNC(=O)c1cc2c(c3ccccc3n2CC2CC2)n1-c1ncccn1.O=C(O)C(F)(F)F. The first kappa shape index (κ1) is 26.1. The normalized spacial score (nSPS) is 13.6. The Labute approximate surface area is 210 Å². The quantitative estimate of drug-likeness (QED) is 0.388. The molecule has 1 aliphatic rings. The van der Waals surface area contributed by atoms with E-state index in [2.05, 4.69) is 38.1 Å². The summed E-state index contributed by atoms with van der Waals surface area (Å²) in [4.78, 5) is 33.0. The van der Waals surface area contributed by atoms with E-state index in [0.29, 0.717) is 18.2 Å². The second-order valence-corrected chi connectivity index (χ2v) is 9.08. The highest BCUT2D eigenvalue weighted by atomic mass is 19.4. The van der Waals surface area contributed by atoms with Crippen molar-refractivity contribution >= 4 is 33.8 Å². The first-order chi connectivity index (χ1) is 17.6. The Morgan fingerprint density at radius 1 is 1.11 bits per heavy atom. The number of carbonyl (C=O) groups excluding carboxylic acids is 1. The molecule has 3 aromatic heterocycles. The lowest BCUT2D eigenvalue weighted by Crippen LogP contribution is -2.32. The molecule has 2 N–H and O–H groups in total. The maximum atomic E-state index is 13.2. The fraction of sp³-hybridized carbons (Fsp3) is 0.360. The summed E-state index contributed by atoms with van der Waals surface area (Å²) in [5.74, 6) is -1.63. The molecule has 9 nitrogen and oxygen atoms in total. The number of carboxylic acid groups (broad SMARTS) is 1. The molecule has 0 bridgehead atoms. The van der Waals surface area contributed by atoms with Gasteiger partial charge in [0.15, 0.2) is 0 Å². The van der Waals surface area contributed by atoms with Crippen molar-refractivity contribution < 1.29 is 27.9 Å². The molecule has 1 aromatic carbocycles. The van der Waals surface area contributed by atoms with Gasteiger partial charge in [-0.15, -0.1) is 0 Å². The van der Waals surface area contributed by atoms with Gasteiger partial charge in [-0.05, 0) is 51.1 Å². The van der Waals surface area contributed by atoms with Gasteiger partial charge in [-0.2, -0.15) is 13.2 Å². The second kappa shape index (κ2) is 10.6. The Morgan fingerprint density at radius 2 is 1.76 bits per heavy atom. The van der Waals surface area contributed by atoms with E-state index in [1.165, 1.54) is 18.4 Å². The maximum absolute atomic E-state index is 13.2. The van der Waals surface area contributed by atoms with Crippen LogP contribution in [0.15, 0.2) is 48.8 Å². The van der Waals surface area contributed by atoms with E-state index in [-0.39, 0.29) is 5.91 Å². The molecule has 0 aliphatic heterocycles. The predicted octanol–water partition coefficient (Wildman–Crippen LogP) is 3.71. The number of fused-ring (bicyclic) bond motifs is 3. The number of benzene rings is 1. The van der Waals surface area contributed by atoms with Crippen molar-refractivity contribution in [3.05, 3.63) is 54.5 Å². The van der Waals surface area contributed by atoms with Crippen molar-refractivity contribution in [2.45, 2.75) is 25.6 Å². The van der Waals surface area contributed by atoms with E-state index >= 15 is 0 Å².